The van der Waals surface area contributed by atoms with Crippen LogP contribution >= 0.6 is 0 Å². The molecule has 1 heterocycles. The van der Waals surface area contributed by atoms with Crippen molar-refractivity contribution in [2.75, 3.05) is 21.3 Å². The minimum Gasteiger partial charge on any atom is -0.496 e. The first-order valence-electron chi connectivity index (χ1n) is 9.44. The third-order valence-electron chi connectivity index (χ3n) is 4.59. The Kier molecular flexibility index (Phi) is 6.97. The second kappa shape index (κ2) is 9.86. The first-order valence-corrected chi connectivity index (χ1v) is 9.44. The van der Waals surface area contributed by atoms with Crippen molar-refractivity contribution < 1.29 is 32.6 Å². The van der Waals surface area contributed by atoms with E-state index in [0.29, 0.717) is 11.8 Å². The molecule has 0 N–H and O–H groups in total. The average Bonchev–Trinajstić information content (AvgIpc) is 2.81. The number of hydrogen-bond acceptors (Lipinski definition) is 7. The van der Waals surface area contributed by atoms with Gasteiger partial charge in [-0.05, 0) is 43.1 Å². The highest BCUT2D eigenvalue weighted by Gasteiger charge is 2.25. The zero-order valence-electron chi connectivity index (χ0n) is 18.0. The summed E-state index contributed by atoms with van der Waals surface area (Å²) in [6.07, 6.45) is 2.89. The van der Waals surface area contributed by atoms with Gasteiger partial charge in [-0.2, -0.15) is 0 Å². The van der Waals surface area contributed by atoms with E-state index in [1.165, 1.54) is 56.6 Å². The Labute approximate surface area is 188 Å². The topological polar surface area (TPSA) is 89.8 Å². The molecule has 0 aromatic heterocycles. The number of benzene rings is 2. The molecule has 0 aliphatic carbocycles. The van der Waals surface area contributed by atoms with Crippen molar-refractivity contribution in [3.8, 4) is 11.5 Å². The highest BCUT2D eigenvalue weighted by atomic mass is 19.1. The number of aliphatic imine (C=N–C) groups is 1. The lowest BCUT2D eigenvalue weighted by atomic mass is 9.98. The Morgan fingerprint density at radius 3 is 2.39 bits per heavy atom. The standard InChI is InChI=1S/C23H19F2N3O5/c1-26-22(29)21(15-11-13(23(30)32-4)5-8-18(15)31-3)17-7-10-20(27-28(17)2)33-19-9-6-14(24)12-16(19)25/h5-12H,1H2,2-4H3/b21-17-. The van der Waals surface area contributed by atoms with Crippen LogP contribution in [0.4, 0.5) is 8.78 Å². The van der Waals surface area contributed by atoms with Gasteiger partial charge in [-0.3, -0.25) is 9.80 Å². The van der Waals surface area contributed by atoms with Crippen LogP contribution in [-0.4, -0.2) is 50.8 Å². The van der Waals surface area contributed by atoms with Crippen molar-refractivity contribution in [1.82, 2.24) is 5.01 Å². The Bertz CT molecular complexity index is 1220. The summed E-state index contributed by atoms with van der Waals surface area (Å²) in [6, 6.07) is 7.30. The lowest BCUT2D eigenvalue weighted by Gasteiger charge is -2.23. The van der Waals surface area contributed by atoms with E-state index in [0.717, 1.165) is 12.1 Å². The summed E-state index contributed by atoms with van der Waals surface area (Å²) in [7, 11) is 4.17. The molecule has 2 aromatic carbocycles. The molecule has 0 saturated heterocycles. The molecule has 1 aliphatic rings. The van der Waals surface area contributed by atoms with Crippen LogP contribution in [0.15, 0.2) is 64.3 Å². The van der Waals surface area contributed by atoms with Gasteiger partial charge in [-0.1, -0.05) is 0 Å². The molecule has 1 amide bonds. The molecule has 0 fully saturated rings. The van der Waals surface area contributed by atoms with E-state index in [1.54, 1.807) is 0 Å². The molecule has 170 valence electrons. The van der Waals surface area contributed by atoms with Crippen LogP contribution in [0.1, 0.15) is 15.9 Å². The molecule has 3 rings (SSSR count). The number of ether oxygens (including phenoxy) is 3. The lowest BCUT2D eigenvalue weighted by molar-refractivity contribution is -0.112. The first-order chi connectivity index (χ1) is 15.8. The number of allylic oxidation sites excluding steroid dienone is 1. The highest BCUT2D eigenvalue weighted by Crippen LogP contribution is 2.33. The van der Waals surface area contributed by atoms with E-state index in [4.69, 9.17) is 14.2 Å². The van der Waals surface area contributed by atoms with Gasteiger partial charge in [0.1, 0.15) is 11.6 Å². The Morgan fingerprint density at radius 1 is 1.06 bits per heavy atom. The fourth-order valence-electron chi connectivity index (χ4n) is 3.05. The number of halogens is 2. The smallest absolute Gasteiger partial charge is 0.337 e. The summed E-state index contributed by atoms with van der Waals surface area (Å²) in [5.74, 6) is -2.89. The number of amides is 1. The molecule has 0 radical (unpaired) electrons. The zero-order valence-corrected chi connectivity index (χ0v) is 18.0. The molecular formula is C23H19F2N3O5. The normalized spacial score (nSPS) is 14.3. The van der Waals surface area contributed by atoms with Crippen LogP contribution in [0.3, 0.4) is 0 Å². The van der Waals surface area contributed by atoms with Crippen molar-refractivity contribution in [2.24, 2.45) is 10.1 Å². The molecule has 8 nitrogen and oxygen atoms in total. The Morgan fingerprint density at radius 2 is 1.79 bits per heavy atom. The number of likely N-dealkylation sites (N-methyl/N-ethyl adjacent to an activating group) is 1. The number of nitrogens with zero attached hydrogens (tertiary/aromatic N) is 3. The van der Waals surface area contributed by atoms with Crippen molar-refractivity contribution in [3.05, 3.63) is 77.0 Å². The predicted molar refractivity (Wildman–Crippen MR) is 117 cm³/mol. The molecule has 0 unspecified atom stereocenters. The number of hydrazone groups is 1. The van der Waals surface area contributed by atoms with Gasteiger partial charge >= 0.3 is 5.97 Å². The first kappa shape index (κ1) is 23.3. The van der Waals surface area contributed by atoms with E-state index in [-0.39, 0.29) is 34.0 Å². The van der Waals surface area contributed by atoms with E-state index in [9.17, 15) is 18.4 Å². The van der Waals surface area contributed by atoms with Crippen LogP contribution in [0, 0.1) is 11.6 Å². The van der Waals surface area contributed by atoms with Gasteiger partial charge in [-0.15, -0.1) is 5.10 Å². The monoisotopic (exact) mass is 455 g/mol. The van der Waals surface area contributed by atoms with E-state index >= 15 is 0 Å². The molecule has 33 heavy (non-hydrogen) atoms. The quantitative estimate of drug-likeness (QED) is 0.389. The van der Waals surface area contributed by atoms with Gasteiger partial charge in [0.2, 0.25) is 5.90 Å². The number of rotatable bonds is 5. The van der Waals surface area contributed by atoms with Crippen molar-refractivity contribution >= 4 is 30.1 Å². The van der Waals surface area contributed by atoms with Crippen LogP contribution in [0.5, 0.6) is 11.5 Å². The van der Waals surface area contributed by atoms with Crippen molar-refractivity contribution in [2.45, 2.75) is 0 Å². The molecule has 0 spiro atoms. The van der Waals surface area contributed by atoms with E-state index in [1.807, 2.05) is 0 Å². The number of esters is 1. The van der Waals surface area contributed by atoms with Gasteiger partial charge in [-0.25, -0.2) is 18.6 Å². The Hall–Kier alpha value is -4.34. The molecule has 0 saturated carbocycles. The number of methoxy groups -OCH3 is 2. The second-order valence-corrected chi connectivity index (χ2v) is 6.60. The lowest BCUT2D eigenvalue weighted by Crippen LogP contribution is -2.22. The van der Waals surface area contributed by atoms with Gasteiger partial charge in [0.15, 0.2) is 11.6 Å². The summed E-state index contributed by atoms with van der Waals surface area (Å²) in [5.41, 5.74) is 0.764. The summed E-state index contributed by atoms with van der Waals surface area (Å²) in [5, 5.41) is 5.50. The molecular weight excluding hydrogens is 436 g/mol. The number of carbonyl (C=O) groups is 2. The SMILES string of the molecule is C=NC(=O)/C(=C1/C=CC(Oc2ccc(F)cc2F)=NN1C)c1cc(C(=O)OC)ccc1OC. The largest absolute Gasteiger partial charge is 0.496 e. The van der Waals surface area contributed by atoms with Crippen LogP contribution in [0.25, 0.3) is 5.57 Å². The maximum atomic E-state index is 13.9. The van der Waals surface area contributed by atoms with Crippen LogP contribution in [0.2, 0.25) is 0 Å². The average molecular weight is 455 g/mol. The third-order valence-corrected chi connectivity index (χ3v) is 4.59. The minimum absolute atomic E-state index is 0.0135. The summed E-state index contributed by atoms with van der Waals surface area (Å²) in [4.78, 5) is 28.3. The predicted octanol–water partition coefficient (Wildman–Crippen LogP) is 3.59. The number of carbonyl (C=O) groups excluding carboxylic acids is 2. The second-order valence-electron chi connectivity index (χ2n) is 6.60. The fraction of sp³-hybridized carbons (Fsp3) is 0.130. The number of hydrogen-bond donors (Lipinski definition) is 0. The van der Waals surface area contributed by atoms with Gasteiger partial charge in [0, 0.05) is 24.8 Å². The van der Waals surface area contributed by atoms with Gasteiger partial charge < -0.3 is 14.2 Å². The maximum absolute atomic E-state index is 13.9. The van der Waals surface area contributed by atoms with E-state index < -0.39 is 23.5 Å². The molecule has 1 aliphatic heterocycles. The van der Waals surface area contributed by atoms with Crippen LogP contribution in [-0.2, 0) is 9.53 Å². The van der Waals surface area contributed by atoms with E-state index in [2.05, 4.69) is 16.8 Å². The van der Waals surface area contributed by atoms with Gasteiger partial charge in [0.05, 0.1) is 31.1 Å². The highest BCUT2D eigenvalue weighted by molar-refractivity contribution is 6.23. The molecule has 10 heteroatoms. The van der Waals surface area contributed by atoms with Crippen molar-refractivity contribution in [3.63, 3.8) is 0 Å². The maximum Gasteiger partial charge on any atom is 0.337 e. The molecule has 0 bridgehead atoms. The summed E-state index contributed by atoms with van der Waals surface area (Å²) >= 11 is 0. The summed E-state index contributed by atoms with van der Waals surface area (Å²) in [6.45, 7) is 3.30. The summed E-state index contributed by atoms with van der Waals surface area (Å²) < 4.78 is 42.5. The van der Waals surface area contributed by atoms with Crippen molar-refractivity contribution in [1.29, 1.82) is 0 Å². The third kappa shape index (κ3) is 4.95. The van der Waals surface area contributed by atoms with Gasteiger partial charge in [0.25, 0.3) is 5.91 Å². The molecule has 2 aromatic rings. The van der Waals surface area contributed by atoms with Crippen LogP contribution < -0.4 is 9.47 Å². The Balaban J connectivity index is 2.07. The minimum atomic E-state index is -0.897. The fourth-order valence-corrected chi connectivity index (χ4v) is 3.05. The molecule has 0 atom stereocenters. The zero-order chi connectivity index (χ0) is 24.1.